The summed E-state index contributed by atoms with van der Waals surface area (Å²) in [4.78, 5) is 34.9. The van der Waals surface area contributed by atoms with Crippen molar-refractivity contribution in [2.24, 2.45) is 5.73 Å². The Balaban J connectivity index is 2.10. The van der Waals surface area contributed by atoms with Crippen LogP contribution in [-0.4, -0.2) is 23.8 Å². The Labute approximate surface area is 160 Å². The summed E-state index contributed by atoms with van der Waals surface area (Å²) in [6, 6.07) is 9.80. The molecule has 0 aliphatic carbocycles. The maximum absolute atomic E-state index is 12.3. The normalized spacial score (nSPS) is 11.5. The summed E-state index contributed by atoms with van der Waals surface area (Å²) in [6.45, 7) is 1.28. The van der Waals surface area contributed by atoms with E-state index in [1.165, 1.54) is 31.2 Å². The number of carbonyl (C=O) groups excluding carboxylic acids is 3. The lowest BCUT2D eigenvalue weighted by Gasteiger charge is -2.16. The average molecular weight is 395 g/mol. The lowest BCUT2D eigenvalue weighted by atomic mass is 10.0. The maximum atomic E-state index is 12.3. The van der Waals surface area contributed by atoms with Crippen LogP contribution in [0.3, 0.4) is 0 Å². The Hall–Kier alpha value is -2.57. The number of halogens is 2. The standard InChI is InChI=1S/C18H16Cl2N2O4/c1-10(23)26-14-6-3-11(4-7-14)18(25)22-16(17(21)24)8-12-2-5-13(19)9-15(12)20/h2-7,9,16H,8H2,1H3,(H2,21,24)(H,22,25)/t16-/m1/s1. The lowest BCUT2D eigenvalue weighted by Crippen LogP contribution is -2.45. The van der Waals surface area contributed by atoms with Crippen LogP contribution in [0.5, 0.6) is 5.75 Å². The minimum atomic E-state index is -0.950. The summed E-state index contributed by atoms with van der Waals surface area (Å²) in [5.41, 5.74) is 6.31. The van der Waals surface area contributed by atoms with E-state index >= 15 is 0 Å². The first kappa shape index (κ1) is 19.8. The minimum absolute atomic E-state index is 0.128. The summed E-state index contributed by atoms with van der Waals surface area (Å²) in [5, 5.41) is 3.41. The van der Waals surface area contributed by atoms with Crippen molar-refractivity contribution in [2.45, 2.75) is 19.4 Å². The number of nitrogens with two attached hydrogens (primary N) is 1. The van der Waals surface area contributed by atoms with Crippen molar-refractivity contribution >= 4 is 41.0 Å². The molecule has 2 aromatic carbocycles. The van der Waals surface area contributed by atoms with Gasteiger partial charge in [-0.3, -0.25) is 14.4 Å². The van der Waals surface area contributed by atoms with Gasteiger partial charge in [-0.15, -0.1) is 0 Å². The number of nitrogens with one attached hydrogen (secondary N) is 1. The molecule has 0 unspecified atom stereocenters. The first-order valence-electron chi connectivity index (χ1n) is 7.59. The van der Waals surface area contributed by atoms with Gasteiger partial charge in [-0.05, 0) is 42.0 Å². The van der Waals surface area contributed by atoms with Crippen molar-refractivity contribution in [1.82, 2.24) is 5.32 Å². The van der Waals surface area contributed by atoms with Crippen molar-refractivity contribution in [3.63, 3.8) is 0 Å². The Morgan fingerprint density at radius 1 is 1.12 bits per heavy atom. The summed E-state index contributed by atoms with van der Waals surface area (Å²) in [6.07, 6.45) is 0.128. The van der Waals surface area contributed by atoms with Gasteiger partial charge in [-0.2, -0.15) is 0 Å². The number of carbonyl (C=O) groups is 3. The van der Waals surface area contributed by atoms with Crippen molar-refractivity contribution in [2.75, 3.05) is 0 Å². The smallest absolute Gasteiger partial charge is 0.308 e. The molecule has 0 aliphatic heterocycles. The number of rotatable bonds is 6. The third kappa shape index (κ3) is 5.47. The lowest BCUT2D eigenvalue weighted by molar-refractivity contribution is -0.131. The number of esters is 1. The molecular formula is C18H16Cl2N2O4. The Morgan fingerprint density at radius 2 is 1.77 bits per heavy atom. The number of ether oxygens (including phenoxy) is 1. The molecule has 0 fully saturated rings. The molecule has 0 heterocycles. The van der Waals surface area contributed by atoms with Crippen LogP contribution in [-0.2, 0) is 16.0 Å². The van der Waals surface area contributed by atoms with E-state index in [1.807, 2.05) is 0 Å². The molecule has 0 saturated carbocycles. The summed E-state index contributed by atoms with van der Waals surface area (Å²) in [5.74, 6) is -1.33. The van der Waals surface area contributed by atoms with Crippen molar-refractivity contribution in [3.8, 4) is 5.75 Å². The predicted molar refractivity (Wildman–Crippen MR) is 98.4 cm³/mol. The highest BCUT2D eigenvalue weighted by Gasteiger charge is 2.21. The monoisotopic (exact) mass is 394 g/mol. The highest BCUT2D eigenvalue weighted by molar-refractivity contribution is 6.35. The second kappa shape index (κ2) is 8.69. The largest absolute Gasteiger partial charge is 0.427 e. The molecule has 26 heavy (non-hydrogen) atoms. The highest BCUT2D eigenvalue weighted by atomic mass is 35.5. The van der Waals surface area contributed by atoms with Crippen molar-refractivity contribution in [3.05, 3.63) is 63.6 Å². The maximum Gasteiger partial charge on any atom is 0.308 e. The van der Waals surface area contributed by atoms with Crippen LogP contribution < -0.4 is 15.8 Å². The number of benzene rings is 2. The molecule has 3 N–H and O–H groups in total. The molecule has 2 rings (SSSR count). The second-order valence-electron chi connectivity index (χ2n) is 5.49. The van der Waals surface area contributed by atoms with E-state index in [1.54, 1.807) is 18.2 Å². The van der Waals surface area contributed by atoms with Crippen LogP contribution in [0.15, 0.2) is 42.5 Å². The van der Waals surface area contributed by atoms with Gasteiger partial charge >= 0.3 is 5.97 Å². The topological polar surface area (TPSA) is 98.5 Å². The van der Waals surface area contributed by atoms with E-state index < -0.39 is 23.8 Å². The van der Waals surface area contributed by atoms with E-state index in [0.29, 0.717) is 21.4 Å². The number of hydrogen-bond donors (Lipinski definition) is 2. The highest BCUT2D eigenvalue weighted by Crippen LogP contribution is 2.22. The summed E-state index contributed by atoms with van der Waals surface area (Å²) >= 11 is 11.9. The van der Waals surface area contributed by atoms with E-state index in [2.05, 4.69) is 5.32 Å². The Morgan fingerprint density at radius 3 is 2.31 bits per heavy atom. The van der Waals surface area contributed by atoms with Gasteiger partial charge in [0, 0.05) is 29.0 Å². The fourth-order valence-corrected chi connectivity index (χ4v) is 2.70. The molecule has 1 atom stereocenters. The van der Waals surface area contributed by atoms with E-state index in [0.717, 1.165) is 0 Å². The molecule has 8 heteroatoms. The quantitative estimate of drug-likeness (QED) is 0.581. The van der Waals surface area contributed by atoms with Crippen LogP contribution in [0.2, 0.25) is 10.0 Å². The Bertz CT molecular complexity index is 838. The van der Waals surface area contributed by atoms with Gasteiger partial charge in [0.25, 0.3) is 5.91 Å². The van der Waals surface area contributed by atoms with Gasteiger partial charge in [-0.1, -0.05) is 29.3 Å². The minimum Gasteiger partial charge on any atom is -0.427 e. The van der Waals surface area contributed by atoms with E-state index in [-0.39, 0.29) is 12.0 Å². The SMILES string of the molecule is CC(=O)Oc1ccc(C(=O)N[C@H](Cc2ccc(Cl)cc2Cl)C(N)=O)cc1. The average Bonchev–Trinajstić information content (AvgIpc) is 2.56. The molecule has 136 valence electrons. The van der Waals surface area contributed by atoms with Gasteiger partial charge in [0.1, 0.15) is 11.8 Å². The zero-order valence-electron chi connectivity index (χ0n) is 13.8. The van der Waals surface area contributed by atoms with Crippen LogP contribution in [0.1, 0.15) is 22.8 Å². The van der Waals surface area contributed by atoms with Crippen molar-refractivity contribution < 1.29 is 19.1 Å². The fraction of sp³-hybridized carbons (Fsp3) is 0.167. The number of amides is 2. The third-order valence-electron chi connectivity index (χ3n) is 3.47. The van der Waals surface area contributed by atoms with Crippen LogP contribution in [0.25, 0.3) is 0 Å². The molecule has 2 aromatic rings. The van der Waals surface area contributed by atoms with Gasteiger partial charge in [0.15, 0.2) is 0 Å². The summed E-state index contributed by atoms with van der Waals surface area (Å²) in [7, 11) is 0. The number of primary amides is 1. The van der Waals surface area contributed by atoms with Crippen molar-refractivity contribution in [1.29, 1.82) is 0 Å². The zero-order valence-corrected chi connectivity index (χ0v) is 15.3. The van der Waals surface area contributed by atoms with Crippen LogP contribution in [0.4, 0.5) is 0 Å². The molecule has 0 saturated heterocycles. The molecule has 0 radical (unpaired) electrons. The van der Waals surface area contributed by atoms with E-state index in [4.69, 9.17) is 33.7 Å². The predicted octanol–water partition coefficient (Wildman–Crippen LogP) is 2.75. The molecule has 2 amide bonds. The molecule has 0 bridgehead atoms. The molecule has 0 aromatic heterocycles. The molecule has 0 aliphatic rings. The molecular weight excluding hydrogens is 379 g/mol. The fourth-order valence-electron chi connectivity index (χ4n) is 2.21. The molecule has 6 nitrogen and oxygen atoms in total. The van der Waals surface area contributed by atoms with Gasteiger partial charge < -0.3 is 15.8 Å². The Kier molecular flexibility index (Phi) is 6.60. The first-order valence-corrected chi connectivity index (χ1v) is 8.34. The zero-order chi connectivity index (χ0) is 19.3. The van der Waals surface area contributed by atoms with Crippen LogP contribution >= 0.6 is 23.2 Å². The van der Waals surface area contributed by atoms with E-state index in [9.17, 15) is 14.4 Å². The summed E-state index contributed by atoms with van der Waals surface area (Å²) < 4.78 is 4.90. The first-order chi connectivity index (χ1) is 12.3. The molecule has 0 spiro atoms. The third-order valence-corrected chi connectivity index (χ3v) is 4.05. The second-order valence-corrected chi connectivity index (χ2v) is 6.33. The number of hydrogen-bond acceptors (Lipinski definition) is 4. The van der Waals surface area contributed by atoms with Crippen LogP contribution in [0, 0.1) is 0 Å². The van der Waals surface area contributed by atoms with Gasteiger partial charge in [0.05, 0.1) is 0 Å². The van der Waals surface area contributed by atoms with Gasteiger partial charge in [-0.25, -0.2) is 0 Å². The van der Waals surface area contributed by atoms with Gasteiger partial charge in [0.2, 0.25) is 5.91 Å².